The second-order valence-electron chi connectivity index (χ2n) is 6.44. The fourth-order valence-corrected chi connectivity index (χ4v) is 3.27. The zero-order valence-electron chi connectivity index (χ0n) is 16.1. The van der Waals surface area contributed by atoms with Gasteiger partial charge in [0, 0.05) is 5.56 Å². The van der Waals surface area contributed by atoms with Crippen LogP contribution in [0.15, 0.2) is 70.2 Å². The van der Waals surface area contributed by atoms with Gasteiger partial charge in [0.15, 0.2) is 11.6 Å². The molecule has 2 N–H and O–H groups in total. The average Bonchev–Trinajstić information content (AvgIpc) is 3.46. The second kappa shape index (κ2) is 9.19. The highest BCUT2D eigenvalue weighted by Crippen LogP contribution is 2.29. The van der Waals surface area contributed by atoms with E-state index >= 15 is 0 Å². The Morgan fingerprint density at radius 3 is 2.74 bits per heavy atom. The van der Waals surface area contributed by atoms with Gasteiger partial charge in [-0.1, -0.05) is 36.0 Å². The summed E-state index contributed by atoms with van der Waals surface area (Å²) >= 11 is 1.03. The number of ether oxygens (including phenoxy) is 1. The number of furan rings is 1. The average molecular weight is 432 g/mol. The Bertz CT molecular complexity index is 1240. The van der Waals surface area contributed by atoms with Gasteiger partial charge in [0.25, 0.3) is 0 Å². The van der Waals surface area contributed by atoms with Crippen molar-refractivity contribution in [1.29, 1.82) is 5.26 Å². The number of carboxylic acids is 1. The molecule has 154 valence electrons. The van der Waals surface area contributed by atoms with Crippen LogP contribution in [0.5, 0.6) is 5.75 Å². The zero-order chi connectivity index (χ0) is 21.6. The smallest absolute Gasteiger partial charge is 0.313 e. The third-order valence-corrected chi connectivity index (χ3v) is 5.07. The van der Waals surface area contributed by atoms with Crippen molar-refractivity contribution in [3.63, 3.8) is 0 Å². The van der Waals surface area contributed by atoms with Gasteiger partial charge in [-0.2, -0.15) is 10.2 Å². The molecule has 0 atom stereocenters. The van der Waals surface area contributed by atoms with Crippen molar-refractivity contribution in [2.24, 2.45) is 0 Å². The molecule has 0 saturated carbocycles. The fourth-order valence-electron chi connectivity index (χ4n) is 2.75. The van der Waals surface area contributed by atoms with E-state index in [2.05, 4.69) is 21.3 Å². The van der Waals surface area contributed by atoms with Gasteiger partial charge in [0.05, 0.1) is 17.4 Å². The molecule has 0 aliphatic carbocycles. The van der Waals surface area contributed by atoms with Crippen molar-refractivity contribution in [1.82, 2.24) is 15.2 Å². The molecule has 31 heavy (non-hydrogen) atoms. The number of aliphatic carboxylic acids is 1. The summed E-state index contributed by atoms with van der Waals surface area (Å²) in [5.41, 5.74) is 2.41. The Labute approximate surface area is 181 Å². The Kier molecular flexibility index (Phi) is 6.01. The van der Waals surface area contributed by atoms with Crippen LogP contribution in [0.3, 0.4) is 0 Å². The summed E-state index contributed by atoms with van der Waals surface area (Å²) in [6.07, 6.45) is 0. The number of aromatic nitrogens is 3. The largest absolute Gasteiger partial charge is 0.489 e. The van der Waals surface area contributed by atoms with E-state index in [0.29, 0.717) is 40.4 Å². The minimum Gasteiger partial charge on any atom is -0.489 e. The zero-order valence-corrected chi connectivity index (χ0v) is 16.9. The van der Waals surface area contributed by atoms with Crippen LogP contribution < -0.4 is 4.74 Å². The van der Waals surface area contributed by atoms with Crippen molar-refractivity contribution in [2.75, 3.05) is 5.75 Å². The number of benzene rings is 2. The standard InChI is InChI=1S/C22H16N4O4S/c23-11-14-4-6-15(7-5-14)12-29-17-3-1-2-16(10-17)18-8-9-19(30-18)21-24-22(26-25-21)31-13-20(27)28/h1-10H,12-13H2,(H,27,28)(H,24,25,26). The van der Waals surface area contributed by atoms with Crippen LogP contribution in [0.4, 0.5) is 0 Å². The summed E-state index contributed by atoms with van der Waals surface area (Å²) in [7, 11) is 0. The lowest BCUT2D eigenvalue weighted by atomic mass is 10.1. The lowest BCUT2D eigenvalue weighted by Gasteiger charge is -2.07. The highest BCUT2D eigenvalue weighted by Gasteiger charge is 2.13. The van der Waals surface area contributed by atoms with Crippen LogP contribution >= 0.6 is 11.8 Å². The van der Waals surface area contributed by atoms with E-state index < -0.39 is 5.97 Å². The number of hydrogen-bond acceptors (Lipinski definition) is 7. The van der Waals surface area contributed by atoms with Crippen molar-refractivity contribution in [3.05, 3.63) is 71.8 Å². The SMILES string of the molecule is N#Cc1ccc(COc2cccc(-c3ccc(-c4nc(SCC(=O)O)n[nH]4)o3)c2)cc1. The molecule has 0 saturated heterocycles. The maximum atomic E-state index is 10.7. The van der Waals surface area contributed by atoms with E-state index in [9.17, 15) is 4.79 Å². The fraction of sp³-hybridized carbons (Fsp3) is 0.0909. The predicted octanol–water partition coefficient (Wildman–Crippen LogP) is 4.36. The van der Waals surface area contributed by atoms with Gasteiger partial charge in [0.1, 0.15) is 18.1 Å². The molecule has 8 nitrogen and oxygen atoms in total. The van der Waals surface area contributed by atoms with Crippen molar-refractivity contribution in [3.8, 4) is 34.7 Å². The number of nitrogens with one attached hydrogen (secondary N) is 1. The van der Waals surface area contributed by atoms with Gasteiger partial charge >= 0.3 is 5.97 Å². The Morgan fingerprint density at radius 2 is 1.97 bits per heavy atom. The topological polar surface area (TPSA) is 125 Å². The number of aromatic amines is 1. The predicted molar refractivity (Wildman–Crippen MR) is 113 cm³/mol. The molecule has 0 bridgehead atoms. The lowest BCUT2D eigenvalue weighted by molar-refractivity contribution is -0.133. The molecular formula is C22H16N4O4S. The molecule has 2 heterocycles. The molecule has 2 aromatic heterocycles. The van der Waals surface area contributed by atoms with Crippen LogP contribution in [-0.2, 0) is 11.4 Å². The van der Waals surface area contributed by atoms with Crippen LogP contribution in [0.1, 0.15) is 11.1 Å². The Morgan fingerprint density at radius 1 is 1.16 bits per heavy atom. The number of H-pyrrole nitrogens is 1. The molecule has 2 aromatic carbocycles. The van der Waals surface area contributed by atoms with Crippen molar-refractivity contribution < 1.29 is 19.1 Å². The summed E-state index contributed by atoms with van der Waals surface area (Å²) in [6, 6.07) is 20.4. The van der Waals surface area contributed by atoms with Crippen LogP contribution in [0.25, 0.3) is 22.9 Å². The van der Waals surface area contributed by atoms with Gasteiger partial charge < -0.3 is 14.3 Å². The number of carboxylic acid groups (broad SMARTS) is 1. The number of carbonyl (C=O) groups is 1. The number of thioether (sulfide) groups is 1. The monoisotopic (exact) mass is 432 g/mol. The Hall–Kier alpha value is -4.03. The number of nitrogens with zero attached hydrogens (tertiary/aromatic N) is 3. The van der Waals surface area contributed by atoms with Gasteiger partial charge in [-0.15, -0.1) is 5.10 Å². The van der Waals surface area contributed by atoms with Gasteiger partial charge in [-0.25, -0.2) is 0 Å². The first kappa shape index (κ1) is 20.3. The maximum absolute atomic E-state index is 10.7. The molecule has 0 unspecified atom stereocenters. The summed E-state index contributed by atoms with van der Waals surface area (Å²) in [4.78, 5) is 14.9. The summed E-state index contributed by atoms with van der Waals surface area (Å²) in [5, 5.41) is 24.7. The normalized spacial score (nSPS) is 10.5. The number of nitriles is 1. The van der Waals surface area contributed by atoms with Crippen molar-refractivity contribution >= 4 is 17.7 Å². The summed E-state index contributed by atoms with van der Waals surface area (Å²) in [5.74, 6) is 1.19. The quantitative estimate of drug-likeness (QED) is 0.394. The van der Waals surface area contributed by atoms with E-state index in [1.807, 2.05) is 42.5 Å². The second-order valence-corrected chi connectivity index (χ2v) is 7.38. The summed E-state index contributed by atoms with van der Waals surface area (Å²) < 4.78 is 11.8. The third kappa shape index (κ3) is 5.12. The summed E-state index contributed by atoms with van der Waals surface area (Å²) in [6.45, 7) is 0.382. The molecule has 0 aliphatic rings. The van der Waals surface area contributed by atoms with Crippen LogP contribution in [-0.4, -0.2) is 32.0 Å². The van der Waals surface area contributed by atoms with Crippen molar-refractivity contribution in [2.45, 2.75) is 11.8 Å². The molecule has 0 amide bonds. The molecule has 0 fully saturated rings. The van der Waals surface area contributed by atoms with E-state index in [-0.39, 0.29) is 5.75 Å². The van der Waals surface area contributed by atoms with Crippen LogP contribution in [0.2, 0.25) is 0 Å². The first-order valence-electron chi connectivity index (χ1n) is 9.20. The highest BCUT2D eigenvalue weighted by molar-refractivity contribution is 7.99. The minimum atomic E-state index is -0.932. The Balaban J connectivity index is 1.44. The van der Waals surface area contributed by atoms with Crippen LogP contribution in [0, 0.1) is 11.3 Å². The van der Waals surface area contributed by atoms with Gasteiger partial charge in [-0.05, 0) is 42.0 Å². The highest BCUT2D eigenvalue weighted by atomic mass is 32.2. The van der Waals surface area contributed by atoms with Gasteiger partial charge in [0.2, 0.25) is 5.16 Å². The molecule has 0 spiro atoms. The minimum absolute atomic E-state index is 0.115. The van der Waals surface area contributed by atoms with E-state index in [0.717, 1.165) is 22.9 Å². The first-order chi connectivity index (χ1) is 15.1. The molecule has 4 aromatic rings. The van der Waals surface area contributed by atoms with E-state index in [4.69, 9.17) is 19.5 Å². The molecule has 4 rings (SSSR count). The third-order valence-electron chi connectivity index (χ3n) is 4.24. The molecule has 9 heteroatoms. The number of rotatable bonds is 8. The van der Waals surface area contributed by atoms with Gasteiger partial charge in [-0.3, -0.25) is 9.89 Å². The first-order valence-corrected chi connectivity index (χ1v) is 10.2. The molecule has 0 radical (unpaired) electrons. The van der Waals surface area contributed by atoms with E-state index in [1.54, 1.807) is 18.2 Å². The van der Waals surface area contributed by atoms with E-state index in [1.165, 1.54) is 0 Å². The maximum Gasteiger partial charge on any atom is 0.313 e. The molecule has 0 aliphatic heterocycles. The molecular weight excluding hydrogens is 416 g/mol. The number of hydrogen-bond donors (Lipinski definition) is 2. The lowest BCUT2D eigenvalue weighted by Crippen LogP contribution is -1.97.